The summed E-state index contributed by atoms with van der Waals surface area (Å²) in [6.07, 6.45) is 0.332. The average Bonchev–Trinajstić information content (AvgIpc) is 2.58. The molecule has 0 saturated carbocycles. The summed E-state index contributed by atoms with van der Waals surface area (Å²) in [5.74, 6) is 0.731. The molecule has 0 spiro atoms. The number of nitriles is 1. The van der Waals surface area contributed by atoms with Crippen molar-refractivity contribution in [3.8, 4) is 11.8 Å². The van der Waals surface area contributed by atoms with E-state index in [1.807, 2.05) is 51.1 Å². The molecule has 26 heavy (non-hydrogen) atoms. The molecule has 138 valence electrons. The molecule has 1 aromatic heterocycles. The molecule has 1 aromatic carbocycles. The van der Waals surface area contributed by atoms with E-state index in [-0.39, 0.29) is 12.1 Å². The SMILES string of the molecule is CC(CCOc1ccc2nc(C#N)ccc2c1)N(C)C(=O)OC(C)(C)I. The number of fused-ring (bicyclic) bond motifs is 1. The molecule has 0 fully saturated rings. The number of carbonyl (C=O) groups excluding carboxylic acids is 1. The van der Waals surface area contributed by atoms with Crippen LogP contribution in [0.3, 0.4) is 0 Å². The number of aromatic nitrogens is 1. The lowest BCUT2D eigenvalue weighted by molar-refractivity contribution is 0.0647. The predicted molar refractivity (Wildman–Crippen MR) is 108 cm³/mol. The van der Waals surface area contributed by atoms with Gasteiger partial charge in [0.25, 0.3) is 0 Å². The fourth-order valence-electron chi connectivity index (χ4n) is 2.26. The van der Waals surface area contributed by atoms with Crippen molar-refractivity contribution < 1.29 is 14.3 Å². The van der Waals surface area contributed by atoms with E-state index in [9.17, 15) is 4.79 Å². The highest BCUT2D eigenvalue weighted by Gasteiger charge is 2.24. The Bertz CT molecular complexity index is 827. The Morgan fingerprint density at radius 2 is 2.12 bits per heavy atom. The maximum Gasteiger partial charge on any atom is 0.411 e. The van der Waals surface area contributed by atoms with Crippen molar-refractivity contribution in [3.05, 3.63) is 36.0 Å². The summed E-state index contributed by atoms with van der Waals surface area (Å²) in [5.41, 5.74) is 1.15. The van der Waals surface area contributed by atoms with Crippen molar-refractivity contribution in [2.75, 3.05) is 13.7 Å². The van der Waals surface area contributed by atoms with Gasteiger partial charge in [-0.25, -0.2) is 9.78 Å². The summed E-state index contributed by atoms with van der Waals surface area (Å²) in [5, 5.41) is 9.81. The largest absolute Gasteiger partial charge is 0.493 e. The van der Waals surface area contributed by atoms with Crippen LogP contribution >= 0.6 is 22.6 Å². The van der Waals surface area contributed by atoms with Crippen molar-refractivity contribution in [2.45, 2.75) is 36.8 Å². The number of nitrogens with zero attached hydrogens (tertiary/aromatic N) is 3. The Labute approximate surface area is 167 Å². The summed E-state index contributed by atoms with van der Waals surface area (Å²) in [7, 11) is 1.73. The van der Waals surface area contributed by atoms with Gasteiger partial charge in [0.2, 0.25) is 0 Å². The van der Waals surface area contributed by atoms with Gasteiger partial charge in [0, 0.05) is 24.9 Å². The molecule has 1 amide bonds. The van der Waals surface area contributed by atoms with E-state index in [0.717, 1.165) is 16.7 Å². The number of alkyl halides is 1. The summed E-state index contributed by atoms with van der Waals surface area (Å²) in [6, 6.07) is 11.1. The van der Waals surface area contributed by atoms with Crippen LogP contribution in [0.2, 0.25) is 0 Å². The summed E-state index contributed by atoms with van der Waals surface area (Å²) in [4.78, 5) is 17.9. The fraction of sp³-hybridized carbons (Fsp3) is 0.421. The Kier molecular flexibility index (Phi) is 6.64. The molecule has 1 heterocycles. The molecule has 1 atom stereocenters. The quantitative estimate of drug-likeness (QED) is 0.462. The first-order valence-electron chi connectivity index (χ1n) is 8.28. The van der Waals surface area contributed by atoms with Gasteiger partial charge in [-0.2, -0.15) is 5.26 Å². The lowest BCUT2D eigenvalue weighted by Crippen LogP contribution is -2.39. The summed E-state index contributed by atoms with van der Waals surface area (Å²) >= 11 is 2.08. The van der Waals surface area contributed by atoms with Crippen LogP contribution in [0, 0.1) is 11.3 Å². The summed E-state index contributed by atoms with van der Waals surface area (Å²) in [6.45, 7) is 6.10. The van der Waals surface area contributed by atoms with Crippen LogP contribution in [-0.2, 0) is 4.74 Å². The molecular weight excluding hydrogens is 445 g/mol. The first-order chi connectivity index (χ1) is 12.2. The highest BCUT2D eigenvalue weighted by Crippen LogP contribution is 2.21. The van der Waals surface area contributed by atoms with E-state index >= 15 is 0 Å². The van der Waals surface area contributed by atoms with Gasteiger partial charge >= 0.3 is 6.09 Å². The highest BCUT2D eigenvalue weighted by atomic mass is 127. The lowest BCUT2D eigenvalue weighted by atomic mass is 10.2. The van der Waals surface area contributed by atoms with Crippen molar-refractivity contribution in [3.63, 3.8) is 0 Å². The highest BCUT2D eigenvalue weighted by molar-refractivity contribution is 14.1. The van der Waals surface area contributed by atoms with Crippen LogP contribution in [0.25, 0.3) is 10.9 Å². The molecule has 0 bridgehead atoms. The standard InChI is InChI=1S/C19H22IN3O3/c1-13(23(4)18(24)26-19(2,3)20)9-10-25-16-7-8-17-14(11-16)5-6-15(12-21)22-17/h5-8,11,13H,9-10H2,1-4H3. The van der Waals surface area contributed by atoms with Crippen molar-refractivity contribution >= 4 is 39.6 Å². The number of ether oxygens (including phenoxy) is 2. The molecule has 0 aliphatic carbocycles. The number of hydrogen-bond acceptors (Lipinski definition) is 5. The fourth-order valence-corrected chi connectivity index (χ4v) is 2.44. The maximum absolute atomic E-state index is 12.1. The van der Waals surface area contributed by atoms with E-state index in [1.54, 1.807) is 18.0 Å². The summed E-state index contributed by atoms with van der Waals surface area (Å²) < 4.78 is 10.6. The normalized spacial score (nSPS) is 12.3. The number of carbonyl (C=O) groups is 1. The number of amides is 1. The Balaban J connectivity index is 1.90. The molecule has 0 radical (unpaired) electrons. The number of halogens is 1. The maximum atomic E-state index is 12.1. The number of pyridine rings is 1. The zero-order valence-corrected chi connectivity index (χ0v) is 17.5. The zero-order chi connectivity index (χ0) is 19.3. The third-order valence-corrected chi connectivity index (χ3v) is 4.08. The average molecular weight is 467 g/mol. The third-order valence-electron chi connectivity index (χ3n) is 3.86. The Morgan fingerprint density at radius 3 is 2.77 bits per heavy atom. The van der Waals surface area contributed by atoms with Crippen LogP contribution in [0.15, 0.2) is 30.3 Å². The van der Waals surface area contributed by atoms with Gasteiger partial charge < -0.3 is 14.4 Å². The molecule has 2 aromatic rings. The molecular formula is C19H22IN3O3. The van der Waals surface area contributed by atoms with Crippen molar-refractivity contribution in [1.82, 2.24) is 9.88 Å². The van der Waals surface area contributed by atoms with Crippen molar-refractivity contribution in [2.24, 2.45) is 0 Å². The van der Waals surface area contributed by atoms with E-state index < -0.39 is 3.61 Å². The molecule has 2 rings (SSSR count). The van der Waals surface area contributed by atoms with E-state index in [1.165, 1.54) is 0 Å². The van der Waals surface area contributed by atoms with E-state index in [2.05, 4.69) is 27.6 Å². The lowest BCUT2D eigenvalue weighted by Gasteiger charge is -2.27. The van der Waals surface area contributed by atoms with Crippen LogP contribution < -0.4 is 4.74 Å². The number of hydrogen-bond donors (Lipinski definition) is 0. The molecule has 0 aliphatic heterocycles. The minimum atomic E-state index is -0.538. The Hall–Kier alpha value is -2.08. The van der Waals surface area contributed by atoms with Gasteiger partial charge in [0.15, 0.2) is 3.61 Å². The molecule has 0 saturated heterocycles. The van der Waals surface area contributed by atoms with Crippen LogP contribution in [0.5, 0.6) is 5.75 Å². The molecule has 6 nitrogen and oxygen atoms in total. The van der Waals surface area contributed by atoms with E-state index in [4.69, 9.17) is 14.7 Å². The monoisotopic (exact) mass is 467 g/mol. The predicted octanol–water partition coefficient (Wildman–Crippen LogP) is 4.50. The molecule has 1 unspecified atom stereocenters. The second-order valence-corrected chi connectivity index (χ2v) is 9.09. The van der Waals surface area contributed by atoms with Gasteiger partial charge in [0.1, 0.15) is 17.5 Å². The van der Waals surface area contributed by atoms with Crippen LogP contribution in [0.1, 0.15) is 32.9 Å². The minimum absolute atomic E-state index is 0.0124. The van der Waals surface area contributed by atoms with Gasteiger partial charge in [-0.15, -0.1) is 0 Å². The second kappa shape index (κ2) is 8.54. The number of rotatable bonds is 6. The zero-order valence-electron chi connectivity index (χ0n) is 15.3. The van der Waals surface area contributed by atoms with E-state index in [0.29, 0.717) is 18.7 Å². The van der Waals surface area contributed by atoms with Crippen molar-refractivity contribution in [1.29, 1.82) is 5.26 Å². The minimum Gasteiger partial charge on any atom is -0.493 e. The van der Waals surface area contributed by atoms with Gasteiger partial charge in [-0.3, -0.25) is 0 Å². The number of benzene rings is 1. The van der Waals surface area contributed by atoms with Gasteiger partial charge in [-0.1, -0.05) is 0 Å². The smallest absolute Gasteiger partial charge is 0.411 e. The van der Waals surface area contributed by atoms with Gasteiger partial charge in [-0.05, 0) is 73.7 Å². The molecule has 0 N–H and O–H groups in total. The van der Waals surface area contributed by atoms with Crippen LogP contribution in [-0.4, -0.2) is 39.3 Å². The third kappa shape index (κ3) is 5.73. The molecule has 7 heteroatoms. The second-order valence-electron chi connectivity index (χ2n) is 6.49. The molecule has 0 aliphatic rings. The topological polar surface area (TPSA) is 75.5 Å². The van der Waals surface area contributed by atoms with Gasteiger partial charge in [0.05, 0.1) is 12.1 Å². The van der Waals surface area contributed by atoms with Crippen LogP contribution in [0.4, 0.5) is 4.79 Å². The first-order valence-corrected chi connectivity index (χ1v) is 9.36. The Morgan fingerprint density at radius 1 is 1.38 bits per heavy atom. The first kappa shape index (κ1) is 20.2.